The van der Waals surface area contributed by atoms with Crippen molar-refractivity contribution in [2.45, 2.75) is 59.1 Å². The maximum Gasteiger partial charge on any atom is 0.127 e. The minimum absolute atomic E-state index is 0.162. The molecule has 0 saturated carbocycles. The Kier molecular flexibility index (Phi) is 5.60. The van der Waals surface area contributed by atoms with E-state index in [9.17, 15) is 4.79 Å². The maximum absolute atomic E-state index is 11.4. The van der Waals surface area contributed by atoms with Crippen LogP contribution in [0.3, 0.4) is 0 Å². The molecule has 2 unspecified atom stereocenters. The lowest BCUT2D eigenvalue weighted by molar-refractivity contribution is -0.121. The highest BCUT2D eigenvalue weighted by atomic mass is 16.5. The number of rotatable bonds is 6. The van der Waals surface area contributed by atoms with Crippen molar-refractivity contribution in [3.05, 3.63) is 0 Å². The molecule has 1 aliphatic heterocycles. The molecule has 3 heteroatoms. The average molecular weight is 241 g/mol. The molecular weight excluding hydrogens is 214 g/mol. The summed E-state index contributed by atoms with van der Waals surface area (Å²) in [6, 6.07) is 0.476. The van der Waals surface area contributed by atoms with E-state index in [0.29, 0.717) is 6.04 Å². The van der Waals surface area contributed by atoms with E-state index < -0.39 is 0 Å². The monoisotopic (exact) mass is 241 g/mol. The molecule has 0 bridgehead atoms. The van der Waals surface area contributed by atoms with Crippen LogP contribution in [0.4, 0.5) is 0 Å². The number of morpholine rings is 1. The highest BCUT2D eigenvalue weighted by Crippen LogP contribution is 2.27. The summed E-state index contributed by atoms with van der Waals surface area (Å²) in [5.41, 5.74) is -0.162. The Morgan fingerprint density at radius 2 is 2.00 bits per heavy atom. The number of ether oxygens (including phenoxy) is 1. The first-order valence-corrected chi connectivity index (χ1v) is 6.92. The summed E-state index contributed by atoms with van der Waals surface area (Å²) in [6.45, 7) is 11.2. The van der Waals surface area contributed by atoms with Crippen molar-refractivity contribution in [2.24, 2.45) is 5.41 Å². The number of aldehydes is 1. The molecule has 0 amide bonds. The van der Waals surface area contributed by atoms with Gasteiger partial charge in [-0.1, -0.05) is 20.8 Å². The van der Waals surface area contributed by atoms with E-state index >= 15 is 0 Å². The van der Waals surface area contributed by atoms with Gasteiger partial charge in [0, 0.05) is 24.5 Å². The van der Waals surface area contributed by atoms with Crippen molar-refractivity contribution in [1.29, 1.82) is 0 Å². The molecule has 1 saturated heterocycles. The Hall–Kier alpha value is -0.410. The summed E-state index contributed by atoms with van der Waals surface area (Å²) in [4.78, 5) is 13.8. The molecule has 3 nitrogen and oxygen atoms in total. The molecule has 0 aromatic rings. The van der Waals surface area contributed by atoms with Crippen molar-refractivity contribution in [3.63, 3.8) is 0 Å². The minimum Gasteiger partial charge on any atom is -0.376 e. The van der Waals surface area contributed by atoms with Gasteiger partial charge in [-0.05, 0) is 26.2 Å². The van der Waals surface area contributed by atoms with Crippen LogP contribution in [0, 0.1) is 5.41 Å². The molecule has 0 aromatic carbocycles. The molecule has 1 aliphatic rings. The Morgan fingerprint density at radius 3 is 2.47 bits per heavy atom. The van der Waals surface area contributed by atoms with E-state index in [1.54, 1.807) is 0 Å². The van der Waals surface area contributed by atoms with Gasteiger partial charge in [0.2, 0.25) is 0 Å². The summed E-state index contributed by atoms with van der Waals surface area (Å²) < 4.78 is 5.70. The zero-order valence-corrected chi connectivity index (χ0v) is 11.7. The van der Waals surface area contributed by atoms with Gasteiger partial charge in [-0.15, -0.1) is 0 Å². The van der Waals surface area contributed by atoms with Gasteiger partial charge in [0.25, 0.3) is 0 Å². The molecule has 0 N–H and O–H groups in total. The van der Waals surface area contributed by atoms with Gasteiger partial charge in [0.15, 0.2) is 0 Å². The van der Waals surface area contributed by atoms with Crippen molar-refractivity contribution in [1.82, 2.24) is 4.90 Å². The lowest BCUT2D eigenvalue weighted by Gasteiger charge is -2.42. The van der Waals surface area contributed by atoms with Crippen LogP contribution in [-0.4, -0.2) is 43.0 Å². The predicted molar refractivity (Wildman–Crippen MR) is 70.1 cm³/mol. The fourth-order valence-corrected chi connectivity index (χ4v) is 2.56. The van der Waals surface area contributed by atoms with Gasteiger partial charge in [-0.2, -0.15) is 0 Å². The molecule has 0 spiro atoms. The first-order valence-electron chi connectivity index (χ1n) is 6.92. The van der Waals surface area contributed by atoms with Crippen LogP contribution in [-0.2, 0) is 9.53 Å². The van der Waals surface area contributed by atoms with Crippen molar-refractivity contribution in [3.8, 4) is 0 Å². The van der Waals surface area contributed by atoms with Crippen molar-refractivity contribution < 1.29 is 9.53 Å². The molecule has 1 rings (SSSR count). The van der Waals surface area contributed by atoms with Gasteiger partial charge in [-0.3, -0.25) is 4.90 Å². The van der Waals surface area contributed by atoms with Gasteiger partial charge in [0.1, 0.15) is 6.29 Å². The highest BCUT2D eigenvalue weighted by molar-refractivity contribution is 5.59. The van der Waals surface area contributed by atoms with Crippen LogP contribution in [0.25, 0.3) is 0 Å². The third-order valence-electron chi connectivity index (χ3n) is 4.23. The Bertz CT molecular complexity index is 238. The highest BCUT2D eigenvalue weighted by Gasteiger charge is 2.33. The van der Waals surface area contributed by atoms with E-state index in [4.69, 9.17) is 4.74 Å². The number of hydrogen-bond acceptors (Lipinski definition) is 3. The zero-order valence-electron chi connectivity index (χ0n) is 11.7. The molecule has 2 atom stereocenters. The lowest BCUT2D eigenvalue weighted by Crippen LogP contribution is -2.52. The smallest absolute Gasteiger partial charge is 0.127 e. The van der Waals surface area contributed by atoms with Crippen LogP contribution in [0.5, 0.6) is 0 Å². The predicted octanol–water partition coefficient (Wildman–Crippen LogP) is 2.49. The first-order chi connectivity index (χ1) is 8.10. The SMILES string of the molecule is CCC1COC(C)CN1CC(C=O)(CC)CC. The quantitative estimate of drug-likeness (QED) is 0.669. The third kappa shape index (κ3) is 3.52. The van der Waals surface area contributed by atoms with Crippen LogP contribution in [0.15, 0.2) is 0 Å². The second kappa shape index (κ2) is 6.50. The van der Waals surface area contributed by atoms with Crippen molar-refractivity contribution in [2.75, 3.05) is 19.7 Å². The molecule has 0 aromatic heterocycles. The number of carbonyl (C=O) groups excluding carboxylic acids is 1. The molecule has 100 valence electrons. The lowest BCUT2D eigenvalue weighted by atomic mass is 9.83. The second-order valence-electron chi connectivity index (χ2n) is 5.32. The van der Waals surface area contributed by atoms with E-state index in [1.165, 1.54) is 6.29 Å². The third-order valence-corrected chi connectivity index (χ3v) is 4.23. The van der Waals surface area contributed by atoms with Gasteiger partial charge < -0.3 is 9.53 Å². The molecule has 0 aliphatic carbocycles. The van der Waals surface area contributed by atoms with Crippen LogP contribution in [0.2, 0.25) is 0 Å². The minimum atomic E-state index is -0.162. The number of hydrogen-bond donors (Lipinski definition) is 0. The molecule has 0 radical (unpaired) electrons. The maximum atomic E-state index is 11.4. The fraction of sp³-hybridized carbons (Fsp3) is 0.929. The van der Waals surface area contributed by atoms with Gasteiger partial charge in [0.05, 0.1) is 12.7 Å². The second-order valence-corrected chi connectivity index (χ2v) is 5.32. The Morgan fingerprint density at radius 1 is 1.35 bits per heavy atom. The summed E-state index contributed by atoms with van der Waals surface area (Å²) in [5, 5.41) is 0. The number of carbonyl (C=O) groups is 1. The summed E-state index contributed by atoms with van der Waals surface area (Å²) in [5.74, 6) is 0. The Balaban J connectivity index is 2.71. The molecule has 1 heterocycles. The summed E-state index contributed by atoms with van der Waals surface area (Å²) in [7, 11) is 0. The van der Waals surface area contributed by atoms with Crippen LogP contribution in [0.1, 0.15) is 47.0 Å². The normalized spacial score (nSPS) is 27.1. The molecular formula is C14H27NO2. The largest absolute Gasteiger partial charge is 0.376 e. The van der Waals surface area contributed by atoms with E-state index in [-0.39, 0.29) is 11.5 Å². The van der Waals surface area contributed by atoms with E-state index in [1.807, 2.05) is 0 Å². The van der Waals surface area contributed by atoms with Crippen molar-refractivity contribution >= 4 is 6.29 Å². The number of nitrogens with zero attached hydrogens (tertiary/aromatic N) is 1. The molecule has 1 fully saturated rings. The summed E-state index contributed by atoms with van der Waals surface area (Å²) in [6.07, 6.45) is 4.40. The first kappa shape index (κ1) is 14.7. The fourth-order valence-electron chi connectivity index (χ4n) is 2.56. The summed E-state index contributed by atoms with van der Waals surface area (Å²) >= 11 is 0. The standard InChI is InChI=1S/C14H27NO2/c1-5-13-9-17-12(4)8-15(13)10-14(6-2,7-3)11-16/h11-13H,5-10H2,1-4H3. The zero-order chi connectivity index (χ0) is 12.9. The van der Waals surface area contributed by atoms with Crippen LogP contribution >= 0.6 is 0 Å². The Labute approximate surface area is 106 Å². The van der Waals surface area contributed by atoms with Gasteiger partial charge in [-0.25, -0.2) is 0 Å². The topological polar surface area (TPSA) is 29.5 Å². The van der Waals surface area contributed by atoms with Crippen LogP contribution < -0.4 is 0 Å². The molecule has 17 heavy (non-hydrogen) atoms. The van der Waals surface area contributed by atoms with E-state index in [0.717, 1.165) is 39.0 Å². The van der Waals surface area contributed by atoms with Gasteiger partial charge >= 0.3 is 0 Å². The van der Waals surface area contributed by atoms with E-state index in [2.05, 4.69) is 32.6 Å². The average Bonchev–Trinajstić information content (AvgIpc) is 2.36.